The molecule has 6 heteroatoms. The number of sulfonamides is 1. The van der Waals surface area contributed by atoms with Crippen LogP contribution in [-0.2, 0) is 14.9 Å². The minimum Gasteiger partial charge on any atom is -0.356 e. The van der Waals surface area contributed by atoms with E-state index < -0.39 is 10.0 Å². The summed E-state index contributed by atoms with van der Waals surface area (Å²) in [5.74, 6) is 0.164. The number of aryl methyl sites for hydroxylation is 1. The maximum atomic E-state index is 11.2. The average molecular weight is 264 g/mol. The van der Waals surface area contributed by atoms with Gasteiger partial charge in [-0.1, -0.05) is 35.0 Å². The van der Waals surface area contributed by atoms with Gasteiger partial charge >= 0.3 is 0 Å². The first kappa shape index (κ1) is 12.4. The molecule has 2 rings (SSSR count). The van der Waals surface area contributed by atoms with Crippen molar-refractivity contribution in [3.05, 3.63) is 58.8 Å². The lowest BCUT2D eigenvalue weighted by Crippen LogP contribution is -2.18. The van der Waals surface area contributed by atoms with Gasteiger partial charge in [0.1, 0.15) is 0 Å². The van der Waals surface area contributed by atoms with Crippen LogP contribution in [0.25, 0.3) is 0 Å². The van der Waals surface area contributed by atoms with Gasteiger partial charge in [-0.3, -0.25) is 4.72 Å². The fourth-order valence-electron chi connectivity index (χ4n) is 1.29. The lowest BCUT2D eigenvalue weighted by atomic mass is 10.2. The van der Waals surface area contributed by atoms with Gasteiger partial charge in [0.25, 0.3) is 10.0 Å². The summed E-state index contributed by atoms with van der Waals surface area (Å²) in [7, 11) is -3.43. The van der Waals surface area contributed by atoms with E-state index >= 15 is 0 Å². The molecule has 0 fully saturated rings. The molecule has 1 aromatic rings. The van der Waals surface area contributed by atoms with Crippen molar-refractivity contribution in [3.63, 3.8) is 0 Å². The molecule has 1 aliphatic heterocycles. The predicted octanol–water partition coefficient (Wildman–Crippen LogP) is 1.63. The van der Waals surface area contributed by atoms with E-state index in [0.29, 0.717) is 0 Å². The van der Waals surface area contributed by atoms with E-state index in [9.17, 15) is 8.42 Å². The molecule has 1 aliphatic rings. The number of hydrogen-bond donors (Lipinski definition) is 1. The van der Waals surface area contributed by atoms with Gasteiger partial charge in [0.05, 0.1) is 11.6 Å². The molecule has 0 bridgehead atoms. The summed E-state index contributed by atoms with van der Waals surface area (Å²) in [6.45, 7) is 1.99. The quantitative estimate of drug-likeness (QED) is 0.666. The molecular weight excluding hydrogens is 252 g/mol. The van der Waals surface area contributed by atoms with Crippen LogP contribution >= 0.6 is 0 Å². The molecule has 0 unspecified atom stereocenters. The van der Waals surface area contributed by atoms with Crippen molar-refractivity contribution in [2.45, 2.75) is 6.92 Å². The molecule has 0 radical (unpaired) electrons. The van der Waals surface area contributed by atoms with Crippen LogP contribution in [0.4, 0.5) is 0 Å². The highest BCUT2D eigenvalue weighted by atomic mass is 32.2. The molecule has 0 spiro atoms. The van der Waals surface area contributed by atoms with Gasteiger partial charge in [-0.2, -0.15) is 0 Å². The molecule has 0 aromatic heterocycles. The Kier molecular flexibility index (Phi) is 3.47. The van der Waals surface area contributed by atoms with Gasteiger partial charge in [-0.05, 0) is 12.5 Å². The zero-order valence-electron chi connectivity index (χ0n) is 9.70. The molecule has 1 aromatic carbocycles. The van der Waals surface area contributed by atoms with E-state index in [2.05, 4.69) is 9.88 Å². The molecule has 18 heavy (non-hydrogen) atoms. The van der Waals surface area contributed by atoms with Crippen LogP contribution in [-0.4, -0.2) is 14.6 Å². The van der Waals surface area contributed by atoms with Crippen LogP contribution in [0.1, 0.15) is 11.1 Å². The summed E-state index contributed by atoms with van der Waals surface area (Å²) in [5.41, 5.74) is 2.03. The molecule has 0 saturated carbocycles. The lowest BCUT2D eigenvalue weighted by Gasteiger charge is -2.05. The second-order valence-corrected chi connectivity index (χ2v) is 5.31. The summed E-state index contributed by atoms with van der Waals surface area (Å²) in [6.07, 6.45) is 4.28. The Labute approximate surface area is 106 Å². The van der Waals surface area contributed by atoms with Crippen LogP contribution in [0.5, 0.6) is 0 Å². The third-order valence-electron chi connectivity index (χ3n) is 2.19. The number of oxime groups is 1. The molecule has 0 amide bonds. The van der Waals surface area contributed by atoms with E-state index in [1.165, 1.54) is 18.5 Å². The molecule has 0 aliphatic carbocycles. The first-order chi connectivity index (χ1) is 8.55. The zero-order chi connectivity index (χ0) is 13.0. The predicted molar refractivity (Wildman–Crippen MR) is 69.1 cm³/mol. The van der Waals surface area contributed by atoms with Crippen molar-refractivity contribution >= 4 is 16.2 Å². The fraction of sp³-hybridized carbons (Fsp3) is 0.0833. The maximum absolute atomic E-state index is 11.2. The minimum atomic E-state index is -3.43. The first-order valence-electron chi connectivity index (χ1n) is 5.23. The molecule has 5 nitrogen and oxygen atoms in total. The number of hydrogen-bond acceptors (Lipinski definition) is 4. The van der Waals surface area contributed by atoms with E-state index in [4.69, 9.17) is 4.84 Å². The number of rotatable bonds is 3. The van der Waals surface area contributed by atoms with E-state index in [1.54, 1.807) is 0 Å². The highest BCUT2D eigenvalue weighted by Crippen LogP contribution is 2.08. The Morgan fingerprint density at radius 3 is 2.67 bits per heavy atom. The SMILES string of the molecule is Cc1ccc(/C=N/OC2=CS(=O)(=O)NC=C2)cc1. The summed E-state index contributed by atoms with van der Waals surface area (Å²) < 4.78 is 24.5. The minimum absolute atomic E-state index is 0.164. The average Bonchev–Trinajstić information content (AvgIpc) is 2.30. The van der Waals surface area contributed by atoms with E-state index in [1.807, 2.05) is 31.2 Å². The fourth-order valence-corrected chi connectivity index (χ4v) is 2.04. The largest absolute Gasteiger partial charge is 0.356 e. The molecule has 1 heterocycles. The lowest BCUT2D eigenvalue weighted by molar-refractivity contribution is 0.243. The van der Waals surface area contributed by atoms with Gasteiger partial charge in [-0.15, -0.1) is 0 Å². The van der Waals surface area contributed by atoms with E-state index in [0.717, 1.165) is 16.5 Å². The Morgan fingerprint density at radius 1 is 1.28 bits per heavy atom. The maximum Gasteiger partial charge on any atom is 0.258 e. The second-order valence-electron chi connectivity index (χ2n) is 3.75. The van der Waals surface area contributed by atoms with Crippen LogP contribution in [0.2, 0.25) is 0 Å². The Hall–Kier alpha value is -2.08. The van der Waals surface area contributed by atoms with Gasteiger partial charge < -0.3 is 4.84 Å². The number of nitrogens with zero attached hydrogens (tertiary/aromatic N) is 1. The Morgan fingerprint density at radius 2 is 2.00 bits per heavy atom. The summed E-state index contributed by atoms with van der Waals surface area (Å²) in [5, 5.41) is 4.70. The molecule has 94 valence electrons. The molecule has 0 atom stereocenters. The molecule has 1 N–H and O–H groups in total. The van der Waals surface area contributed by atoms with E-state index in [-0.39, 0.29) is 5.76 Å². The first-order valence-corrected chi connectivity index (χ1v) is 6.77. The topological polar surface area (TPSA) is 67.8 Å². The van der Waals surface area contributed by atoms with Crippen LogP contribution < -0.4 is 4.72 Å². The highest BCUT2D eigenvalue weighted by Gasteiger charge is 2.10. The Bertz CT molecular complexity index is 613. The molecule has 0 saturated heterocycles. The second kappa shape index (κ2) is 5.05. The van der Waals surface area contributed by atoms with Crippen LogP contribution in [0.3, 0.4) is 0 Å². The normalized spacial score (nSPS) is 17.3. The number of allylic oxidation sites excluding steroid dienone is 1. The Balaban J connectivity index is 2.02. The van der Waals surface area contributed by atoms with Crippen LogP contribution in [0, 0.1) is 6.92 Å². The summed E-state index contributed by atoms with van der Waals surface area (Å²) in [4.78, 5) is 4.98. The van der Waals surface area contributed by atoms with Crippen molar-refractivity contribution in [1.29, 1.82) is 0 Å². The smallest absolute Gasteiger partial charge is 0.258 e. The molecular formula is C12H12N2O3S. The third kappa shape index (κ3) is 3.46. The van der Waals surface area contributed by atoms with Crippen molar-refractivity contribution in [2.75, 3.05) is 0 Å². The van der Waals surface area contributed by atoms with Gasteiger partial charge in [-0.25, -0.2) is 8.42 Å². The summed E-state index contributed by atoms with van der Waals surface area (Å²) >= 11 is 0. The van der Waals surface area contributed by atoms with Crippen LogP contribution in [0.15, 0.2) is 52.9 Å². The van der Waals surface area contributed by atoms with Crippen molar-refractivity contribution < 1.29 is 13.3 Å². The zero-order valence-corrected chi connectivity index (χ0v) is 10.5. The standard InChI is InChI=1S/C12H12N2O3S/c1-10-2-4-11(5-3-10)8-13-17-12-6-7-14-18(15,16)9-12/h2-9,14H,1H3/b13-8+. The highest BCUT2D eigenvalue weighted by molar-refractivity contribution is 7.92. The third-order valence-corrected chi connectivity index (χ3v) is 3.20. The van der Waals surface area contributed by atoms with Gasteiger partial charge in [0, 0.05) is 12.3 Å². The van der Waals surface area contributed by atoms with Crippen molar-refractivity contribution in [3.8, 4) is 0 Å². The van der Waals surface area contributed by atoms with Crippen molar-refractivity contribution in [2.24, 2.45) is 5.16 Å². The monoisotopic (exact) mass is 264 g/mol. The number of benzene rings is 1. The summed E-state index contributed by atoms with van der Waals surface area (Å²) in [6, 6.07) is 7.70. The van der Waals surface area contributed by atoms with Crippen molar-refractivity contribution in [1.82, 2.24) is 4.72 Å². The van der Waals surface area contributed by atoms with Gasteiger partial charge in [0.2, 0.25) is 0 Å². The number of nitrogens with one attached hydrogen (secondary N) is 1. The van der Waals surface area contributed by atoms with Gasteiger partial charge in [0.15, 0.2) is 5.76 Å².